The van der Waals surface area contributed by atoms with Crippen molar-refractivity contribution in [3.63, 3.8) is 0 Å². The summed E-state index contributed by atoms with van der Waals surface area (Å²) in [5, 5.41) is 9.14. The van der Waals surface area contributed by atoms with Crippen LogP contribution in [-0.2, 0) is 0 Å². The second-order valence-corrected chi connectivity index (χ2v) is 3.76. The van der Waals surface area contributed by atoms with Gasteiger partial charge < -0.3 is 5.11 Å². The predicted molar refractivity (Wildman–Crippen MR) is 64.2 cm³/mol. The highest BCUT2D eigenvalue weighted by Crippen LogP contribution is 2.26. The molecule has 1 atom stereocenters. The van der Waals surface area contributed by atoms with Gasteiger partial charge in [-0.3, -0.25) is 4.98 Å². The molecule has 1 heterocycles. The second-order valence-electron chi connectivity index (χ2n) is 3.76. The highest BCUT2D eigenvalue weighted by Gasteiger charge is 2.12. The zero-order valence-corrected chi connectivity index (χ0v) is 9.08. The van der Waals surface area contributed by atoms with Crippen LogP contribution in [-0.4, -0.2) is 16.7 Å². The molecule has 16 heavy (non-hydrogen) atoms. The van der Waals surface area contributed by atoms with Crippen LogP contribution in [0.25, 0.3) is 0 Å². The third kappa shape index (κ3) is 2.47. The summed E-state index contributed by atoms with van der Waals surface area (Å²) >= 11 is 0. The maximum atomic E-state index is 9.14. The van der Waals surface area contributed by atoms with Crippen LogP contribution < -0.4 is 0 Å². The lowest BCUT2D eigenvalue weighted by Gasteiger charge is -2.16. The monoisotopic (exact) mass is 213 g/mol. The van der Waals surface area contributed by atoms with Gasteiger partial charge in [0.2, 0.25) is 0 Å². The van der Waals surface area contributed by atoms with Crippen LogP contribution >= 0.6 is 0 Å². The first kappa shape index (κ1) is 10.8. The van der Waals surface area contributed by atoms with Crippen molar-refractivity contribution in [1.29, 1.82) is 0 Å². The third-order valence-corrected chi connectivity index (χ3v) is 2.73. The highest BCUT2D eigenvalue weighted by atomic mass is 16.3. The van der Waals surface area contributed by atoms with Crippen molar-refractivity contribution >= 4 is 0 Å². The molecule has 0 radical (unpaired) electrons. The summed E-state index contributed by atoms with van der Waals surface area (Å²) in [6, 6.07) is 14.3. The minimum Gasteiger partial charge on any atom is -0.396 e. The molecule has 0 aliphatic rings. The van der Waals surface area contributed by atoms with E-state index in [9.17, 15) is 0 Å². The molecule has 0 saturated heterocycles. The minimum absolute atomic E-state index is 0.196. The van der Waals surface area contributed by atoms with E-state index in [1.165, 1.54) is 11.1 Å². The Morgan fingerprint density at radius 1 is 0.938 bits per heavy atom. The van der Waals surface area contributed by atoms with Crippen LogP contribution in [0.1, 0.15) is 23.5 Å². The summed E-state index contributed by atoms with van der Waals surface area (Å²) in [7, 11) is 0. The Balaban J connectivity index is 2.31. The second kappa shape index (κ2) is 5.42. The van der Waals surface area contributed by atoms with E-state index in [-0.39, 0.29) is 12.5 Å². The van der Waals surface area contributed by atoms with Gasteiger partial charge in [0.05, 0.1) is 0 Å². The van der Waals surface area contributed by atoms with Crippen LogP contribution in [0.5, 0.6) is 0 Å². The molecule has 2 nitrogen and oxygen atoms in total. The summed E-state index contributed by atoms with van der Waals surface area (Å²) in [6.45, 7) is 0.196. The fourth-order valence-electron chi connectivity index (χ4n) is 1.94. The Labute approximate surface area is 95.6 Å². The molecular formula is C14H15NO. The molecule has 0 fully saturated rings. The first-order chi connectivity index (χ1) is 7.92. The van der Waals surface area contributed by atoms with Crippen molar-refractivity contribution in [2.45, 2.75) is 12.3 Å². The van der Waals surface area contributed by atoms with Crippen LogP contribution in [0, 0.1) is 0 Å². The van der Waals surface area contributed by atoms with E-state index in [1.54, 1.807) is 12.4 Å². The molecule has 0 spiro atoms. The van der Waals surface area contributed by atoms with Crippen molar-refractivity contribution in [3.8, 4) is 0 Å². The number of aliphatic hydroxyl groups is 1. The van der Waals surface area contributed by atoms with Crippen LogP contribution in [0.3, 0.4) is 0 Å². The topological polar surface area (TPSA) is 33.1 Å². The fourth-order valence-corrected chi connectivity index (χ4v) is 1.94. The average molecular weight is 213 g/mol. The van der Waals surface area contributed by atoms with Gasteiger partial charge in [-0.2, -0.15) is 0 Å². The van der Waals surface area contributed by atoms with Gasteiger partial charge >= 0.3 is 0 Å². The molecule has 1 N–H and O–H groups in total. The lowest BCUT2D eigenvalue weighted by Crippen LogP contribution is -2.03. The standard InChI is InChI=1S/C14H15NO/c16-11-8-14(12-4-2-1-3-5-12)13-6-9-15-10-7-13/h1-7,9-10,14,16H,8,11H2/t14-/m1/s1. The number of hydrogen-bond acceptors (Lipinski definition) is 2. The molecule has 0 saturated carbocycles. The molecule has 82 valence electrons. The van der Waals surface area contributed by atoms with Crippen LogP contribution in [0.4, 0.5) is 0 Å². The smallest absolute Gasteiger partial charge is 0.0440 e. The van der Waals surface area contributed by atoms with E-state index in [0.717, 1.165) is 6.42 Å². The number of hydrogen-bond donors (Lipinski definition) is 1. The number of aliphatic hydroxyl groups excluding tert-OH is 1. The molecule has 2 rings (SSSR count). The molecule has 2 aromatic rings. The maximum absolute atomic E-state index is 9.14. The number of nitrogens with zero attached hydrogens (tertiary/aromatic N) is 1. The Bertz CT molecular complexity index is 374. The zero-order valence-electron chi connectivity index (χ0n) is 9.08. The van der Waals surface area contributed by atoms with Gasteiger partial charge in [0.1, 0.15) is 0 Å². The SMILES string of the molecule is OCC[C@H](c1ccccc1)c1ccncc1. The van der Waals surface area contributed by atoms with E-state index in [1.807, 2.05) is 30.3 Å². The normalized spacial score (nSPS) is 12.3. The molecule has 0 amide bonds. The quantitative estimate of drug-likeness (QED) is 0.846. The van der Waals surface area contributed by atoms with Gasteiger partial charge in [-0.05, 0) is 29.7 Å². The van der Waals surface area contributed by atoms with E-state index < -0.39 is 0 Å². The van der Waals surface area contributed by atoms with E-state index in [2.05, 4.69) is 17.1 Å². The Morgan fingerprint density at radius 2 is 1.56 bits per heavy atom. The van der Waals surface area contributed by atoms with Gasteiger partial charge in [0, 0.05) is 24.9 Å². The lowest BCUT2D eigenvalue weighted by atomic mass is 9.89. The average Bonchev–Trinajstić information content (AvgIpc) is 2.38. The van der Waals surface area contributed by atoms with Gasteiger partial charge in [-0.1, -0.05) is 30.3 Å². The van der Waals surface area contributed by atoms with Gasteiger partial charge in [-0.25, -0.2) is 0 Å². The van der Waals surface area contributed by atoms with Crippen molar-refractivity contribution in [1.82, 2.24) is 4.98 Å². The van der Waals surface area contributed by atoms with Gasteiger partial charge in [-0.15, -0.1) is 0 Å². The van der Waals surface area contributed by atoms with Gasteiger partial charge in [0.25, 0.3) is 0 Å². The molecule has 0 unspecified atom stereocenters. The van der Waals surface area contributed by atoms with E-state index >= 15 is 0 Å². The molecule has 1 aromatic carbocycles. The summed E-state index contributed by atoms with van der Waals surface area (Å²) in [4.78, 5) is 4.02. The molecule has 2 heteroatoms. The predicted octanol–water partition coefficient (Wildman–Crippen LogP) is 2.60. The number of pyridine rings is 1. The summed E-state index contributed by atoms with van der Waals surface area (Å²) in [5.74, 6) is 0.259. The Morgan fingerprint density at radius 3 is 2.19 bits per heavy atom. The van der Waals surface area contributed by atoms with Crippen molar-refractivity contribution < 1.29 is 5.11 Å². The first-order valence-corrected chi connectivity index (χ1v) is 5.47. The summed E-state index contributed by atoms with van der Waals surface area (Å²) < 4.78 is 0. The lowest BCUT2D eigenvalue weighted by molar-refractivity contribution is 0.281. The number of aromatic nitrogens is 1. The van der Waals surface area contributed by atoms with Gasteiger partial charge in [0.15, 0.2) is 0 Å². The minimum atomic E-state index is 0.196. The Hall–Kier alpha value is -1.67. The summed E-state index contributed by atoms with van der Waals surface area (Å²) in [5.41, 5.74) is 2.44. The maximum Gasteiger partial charge on any atom is 0.0440 e. The van der Waals surface area contributed by atoms with Crippen LogP contribution in [0.15, 0.2) is 54.9 Å². The number of rotatable bonds is 4. The third-order valence-electron chi connectivity index (χ3n) is 2.73. The Kier molecular flexibility index (Phi) is 3.67. The fraction of sp³-hybridized carbons (Fsp3) is 0.214. The largest absolute Gasteiger partial charge is 0.396 e. The zero-order chi connectivity index (χ0) is 11.2. The first-order valence-electron chi connectivity index (χ1n) is 5.47. The summed E-state index contributed by atoms with van der Waals surface area (Å²) in [6.07, 6.45) is 4.33. The van der Waals surface area contributed by atoms with Crippen LogP contribution in [0.2, 0.25) is 0 Å². The molecule has 0 aliphatic carbocycles. The highest BCUT2D eigenvalue weighted by molar-refractivity contribution is 5.30. The number of benzene rings is 1. The van der Waals surface area contributed by atoms with Crippen molar-refractivity contribution in [2.24, 2.45) is 0 Å². The van der Waals surface area contributed by atoms with Crippen molar-refractivity contribution in [3.05, 3.63) is 66.0 Å². The van der Waals surface area contributed by atoms with Crippen molar-refractivity contribution in [2.75, 3.05) is 6.61 Å². The van der Waals surface area contributed by atoms with E-state index in [0.29, 0.717) is 0 Å². The molecule has 1 aromatic heterocycles. The molecule has 0 aliphatic heterocycles. The molecule has 0 bridgehead atoms. The molecular weight excluding hydrogens is 198 g/mol. The van der Waals surface area contributed by atoms with E-state index in [4.69, 9.17) is 5.11 Å².